The molecule has 19 rings (SSSR count). The minimum absolute atomic E-state index is 0.0830. The molecule has 0 amide bonds. The summed E-state index contributed by atoms with van der Waals surface area (Å²) in [6.45, 7) is -0.0830. The summed E-state index contributed by atoms with van der Waals surface area (Å²) < 4.78 is 10.2. The number of nitrogens with zero attached hydrogens (tertiary/aromatic N) is 6. The Morgan fingerprint density at radius 3 is 1.18 bits per heavy atom. The number of hydrogen-bond acceptors (Lipinski definition) is 2. The van der Waals surface area contributed by atoms with E-state index in [0.717, 1.165) is 56.7 Å². The van der Waals surface area contributed by atoms with Gasteiger partial charge in [0, 0.05) is 99.8 Å². The number of benzene rings is 13. The van der Waals surface area contributed by atoms with Gasteiger partial charge in [-0.05, 0) is 126 Å². The number of rotatable bonds is 7. The summed E-state index contributed by atoms with van der Waals surface area (Å²) in [5.41, 5.74) is 24.5. The monoisotopic (exact) mass is 1080 g/mol. The molecule has 0 N–H and O–H groups in total. The minimum atomic E-state index is -0.0830. The van der Waals surface area contributed by atoms with Crippen molar-refractivity contribution in [2.45, 2.75) is 0 Å². The van der Waals surface area contributed by atoms with E-state index in [4.69, 9.17) is 0 Å². The van der Waals surface area contributed by atoms with Crippen molar-refractivity contribution in [1.29, 1.82) is 0 Å². The van der Waals surface area contributed by atoms with Gasteiger partial charge in [0.2, 0.25) is 0 Å². The van der Waals surface area contributed by atoms with Crippen molar-refractivity contribution in [2.24, 2.45) is 0 Å². The molecule has 4 aromatic heterocycles. The van der Waals surface area contributed by atoms with Crippen LogP contribution in [0.15, 0.2) is 297 Å². The fourth-order valence-corrected chi connectivity index (χ4v) is 15.2. The summed E-state index contributed by atoms with van der Waals surface area (Å²) in [5.74, 6) is 0. The molecule has 7 heteroatoms. The first kappa shape index (κ1) is 46.3. The molecule has 0 fully saturated rings. The van der Waals surface area contributed by atoms with Gasteiger partial charge in [-0.3, -0.25) is 0 Å². The average molecular weight is 1080 g/mol. The molecule has 2 aliphatic rings. The van der Waals surface area contributed by atoms with Crippen LogP contribution in [0.2, 0.25) is 0 Å². The lowest BCUT2D eigenvalue weighted by Gasteiger charge is -2.41. The van der Waals surface area contributed by atoms with Crippen molar-refractivity contribution in [3.63, 3.8) is 0 Å². The van der Waals surface area contributed by atoms with Gasteiger partial charge in [0.15, 0.2) is 0 Å². The molecule has 6 nitrogen and oxygen atoms in total. The topological polar surface area (TPSA) is 26.2 Å². The van der Waals surface area contributed by atoms with Gasteiger partial charge in [-0.2, -0.15) is 0 Å². The Hall–Kier alpha value is -11.3. The third kappa shape index (κ3) is 6.33. The standard InChI is InChI=1S/C78H49BN6/c1-6-25-50(26-7-1)80(51-27-8-2-9-28-51)56-48-69-74-70(49-56)85-64-41-20-16-35-57(64)58-39-24-40-63(75(58)85)79(74)62-46-45-55(47-68(62)81(69)52-29-10-3-11-30-52)84-67-44-23-19-38-61(67)73-77-71(59-36-17-21-42-65(59)82(77)53-31-12-4-13-32-53)76-72(78(73)84)60-37-18-22-43-66(60)83(76)54-33-14-5-15-34-54/h1-49H. The Balaban J connectivity index is 0.979. The first-order valence-electron chi connectivity index (χ1n) is 29.4. The molecule has 6 heterocycles. The molecule has 0 saturated carbocycles. The summed E-state index contributed by atoms with van der Waals surface area (Å²) in [6.07, 6.45) is 0. The van der Waals surface area contributed by atoms with E-state index in [1.165, 1.54) is 104 Å². The maximum absolute atomic E-state index is 2.61. The molecule has 13 aromatic carbocycles. The molecule has 0 bridgehead atoms. The van der Waals surface area contributed by atoms with Crippen LogP contribution < -0.4 is 26.2 Å². The van der Waals surface area contributed by atoms with Crippen molar-refractivity contribution in [2.75, 3.05) is 9.80 Å². The highest BCUT2D eigenvalue weighted by molar-refractivity contribution is 7.00. The van der Waals surface area contributed by atoms with E-state index in [2.05, 4.69) is 325 Å². The smallest absolute Gasteiger partial charge is 0.252 e. The molecule has 394 valence electrons. The van der Waals surface area contributed by atoms with Gasteiger partial charge >= 0.3 is 0 Å². The summed E-state index contributed by atoms with van der Waals surface area (Å²) in [5, 5.41) is 9.82. The molecular weight excluding hydrogens is 1030 g/mol. The zero-order valence-corrected chi connectivity index (χ0v) is 46.1. The van der Waals surface area contributed by atoms with Crippen molar-refractivity contribution < 1.29 is 0 Å². The van der Waals surface area contributed by atoms with Crippen molar-refractivity contribution in [1.82, 2.24) is 18.3 Å². The Morgan fingerprint density at radius 2 is 0.659 bits per heavy atom. The van der Waals surface area contributed by atoms with Crippen LogP contribution in [0.3, 0.4) is 0 Å². The molecular formula is C78H49BN6. The quantitative estimate of drug-likeness (QED) is 0.149. The van der Waals surface area contributed by atoms with E-state index in [1.807, 2.05) is 0 Å². The van der Waals surface area contributed by atoms with Gasteiger partial charge in [-0.15, -0.1) is 0 Å². The summed E-state index contributed by atoms with van der Waals surface area (Å²) in [6, 6.07) is 110. The van der Waals surface area contributed by atoms with Gasteiger partial charge < -0.3 is 28.1 Å². The lowest BCUT2D eigenvalue weighted by molar-refractivity contribution is 1.15. The summed E-state index contributed by atoms with van der Waals surface area (Å²) >= 11 is 0. The van der Waals surface area contributed by atoms with Crippen LogP contribution in [0, 0.1) is 0 Å². The maximum atomic E-state index is 2.61. The highest BCUT2D eigenvalue weighted by atomic mass is 15.2. The third-order valence-electron chi connectivity index (χ3n) is 18.4. The van der Waals surface area contributed by atoms with Crippen LogP contribution in [0.1, 0.15) is 0 Å². The Morgan fingerprint density at radius 1 is 0.247 bits per heavy atom. The SMILES string of the molecule is c1ccc(N(c2ccccc2)c2cc3c4c(c2)-n2c5ccccc5c5cccc(c52)B4c2ccc(-n4c5ccccc5c5c6c(c7ccccc7n6-c6ccccc6)c6c(c7ccccc7n6-c6ccccc6)c54)cc2N3c2ccccc2)cc1. The number of aromatic nitrogens is 4. The highest BCUT2D eigenvalue weighted by Gasteiger charge is 2.43. The van der Waals surface area contributed by atoms with Crippen molar-refractivity contribution in [3.8, 4) is 22.7 Å². The zero-order valence-electron chi connectivity index (χ0n) is 46.1. The second kappa shape index (κ2) is 17.6. The molecule has 0 spiro atoms. The lowest BCUT2D eigenvalue weighted by Crippen LogP contribution is -2.60. The van der Waals surface area contributed by atoms with Crippen molar-refractivity contribution in [3.05, 3.63) is 297 Å². The number of hydrogen-bond donors (Lipinski definition) is 0. The Kier molecular flexibility index (Phi) is 9.61. The highest BCUT2D eigenvalue weighted by Crippen LogP contribution is 2.52. The van der Waals surface area contributed by atoms with Crippen molar-refractivity contribution >= 4 is 144 Å². The fraction of sp³-hybridized carbons (Fsp3) is 0. The predicted octanol–water partition coefficient (Wildman–Crippen LogP) is 18.2. The van der Waals surface area contributed by atoms with Gasteiger partial charge in [0.25, 0.3) is 6.71 Å². The lowest BCUT2D eigenvalue weighted by atomic mass is 9.34. The molecule has 0 aliphatic carbocycles. The van der Waals surface area contributed by atoms with E-state index in [1.54, 1.807) is 0 Å². The van der Waals surface area contributed by atoms with E-state index < -0.39 is 0 Å². The van der Waals surface area contributed by atoms with Gasteiger partial charge in [-0.1, -0.05) is 188 Å². The molecule has 0 radical (unpaired) electrons. The van der Waals surface area contributed by atoms with Crippen LogP contribution >= 0.6 is 0 Å². The van der Waals surface area contributed by atoms with Crippen LogP contribution in [0.5, 0.6) is 0 Å². The first-order chi connectivity index (χ1) is 42.3. The molecule has 0 saturated heterocycles. The molecule has 0 atom stereocenters. The van der Waals surface area contributed by atoms with Crippen LogP contribution in [-0.4, -0.2) is 25.0 Å². The Bertz CT molecular complexity index is 5500. The predicted molar refractivity (Wildman–Crippen MR) is 358 cm³/mol. The van der Waals surface area contributed by atoms with Crippen LogP contribution in [0.25, 0.3) is 110 Å². The van der Waals surface area contributed by atoms with E-state index >= 15 is 0 Å². The van der Waals surface area contributed by atoms with E-state index in [-0.39, 0.29) is 6.71 Å². The van der Waals surface area contributed by atoms with E-state index in [9.17, 15) is 0 Å². The second-order valence-electron chi connectivity index (χ2n) is 22.7. The molecule has 0 unspecified atom stereocenters. The average Bonchev–Trinajstić information content (AvgIpc) is 1.62. The van der Waals surface area contributed by atoms with E-state index in [0.29, 0.717) is 0 Å². The van der Waals surface area contributed by atoms with Gasteiger partial charge in [-0.25, -0.2) is 0 Å². The number of anilines is 6. The molecule has 2 aliphatic heterocycles. The fourth-order valence-electron chi connectivity index (χ4n) is 15.2. The third-order valence-corrected chi connectivity index (χ3v) is 18.4. The number of para-hydroxylation sites is 10. The maximum Gasteiger partial charge on any atom is 0.252 e. The second-order valence-corrected chi connectivity index (χ2v) is 22.7. The van der Waals surface area contributed by atoms with Crippen LogP contribution in [0.4, 0.5) is 34.1 Å². The normalized spacial score (nSPS) is 12.7. The minimum Gasteiger partial charge on any atom is -0.311 e. The van der Waals surface area contributed by atoms with Gasteiger partial charge in [0.1, 0.15) is 0 Å². The summed E-state index contributed by atoms with van der Waals surface area (Å²) in [7, 11) is 0. The Labute approximate surface area is 489 Å². The summed E-state index contributed by atoms with van der Waals surface area (Å²) in [4.78, 5) is 4.99. The first-order valence-corrected chi connectivity index (χ1v) is 29.4. The van der Waals surface area contributed by atoms with Gasteiger partial charge in [0.05, 0.1) is 44.3 Å². The largest absolute Gasteiger partial charge is 0.311 e. The van der Waals surface area contributed by atoms with Crippen LogP contribution in [-0.2, 0) is 0 Å². The zero-order chi connectivity index (χ0) is 55.4. The molecule has 17 aromatic rings. The number of fused-ring (bicyclic) bond motifs is 19. The molecule has 85 heavy (non-hydrogen) atoms.